The van der Waals surface area contributed by atoms with Crippen LogP contribution in [0.25, 0.3) is 0 Å². The van der Waals surface area contributed by atoms with Crippen LogP contribution in [-0.2, 0) is 56.6 Å². The van der Waals surface area contributed by atoms with Crippen LogP contribution in [0.2, 0.25) is 0 Å². The lowest BCUT2D eigenvalue weighted by Crippen LogP contribution is -2.64. The van der Waals surface area contributed by atoms with Crippen LogP contribution in [0.15, 0.2) is 78.9 Å². The lowest BCUT2D eigenvalue weighted by atomic mass is 9.83. The van der Waals surface area contributed by atoms with Crippen molar-refractivity contribution in [2.75, 3.05) is 94.8 Å². The first kappa shape index (κ1) is 57.0. The molecule has 0 radical (unpaired) electrons. The first-order valence-electron chi connectivity index (χ1n) is 27.1. The maximum Gasteiger partial charge on any atom is 0.252 e. The largest absolute Gasteiger partial charge is 0.381 e. The molecule has 79 heavy (non-hydrogen) atoms. The molecule has 18 nitrogen and oxygen atoms in total. The molecule has 0 saturated carbocycles. The highest BCUT2D eigenvalue weighted by molar-refractivity contribution is 6.03. The van der Waals surface area contributed by atoms with Gasteiger partial charge in [-0.25, -0.2) is 13.2 Å². The molecule has 6 amide bonds. The fourth-order valence-electron chi connectivity index (χ4n) is 11.7. The van der Waals surface area contributed by atoms with Crippen LogP contribution in [0.3, 0.4) is 0 Å². The van der Waals surface area contributed by atoms with E-state index in [1.807, 2.05) is 25.1 Å². The number of rotatable bonds is 17. The first-order valence-corrected chi connectivity index (χ1v) is 27.1. The van der Waals surface area contributed by atoms with E-state index in [4.69, 9.17) is 15.2 Å². The standard InChI is InChI=1S/C58H71F3N10O8/c1-34-26-69(31-50(73)71-33-58(4,57(62)77)45-16-11-38(24-48(45)71)23-37-9-13-41(59)14-10-37)43(28-67-19-22-79-32-35(67)2)29-68(34)30-49(72)64-42-15-12-40-27-70(53(44(40)25-42)55(75)66-52-46(60)7-6-8-47(52)61)56(76)51(39-17-20-78-21-18-39)65-54(74)36(3)63-5/h6-16,24-25,34-36,39,43,51,53,63H,17-23,26-33H2,1-5H3,(H2,62,77)(H,64,72)(H,65,74)(H,66,75)/t34-,35-,36+,43+,51+,53+,58+/m1/s1. The molecule has 7 atom stereocenters. The minimum absolute atomic E-state index is 0.0223. The van der Waals surface area contributed by atoms with Crippen molar-refractivity contribution in [3.63, 3.8) is 0 Å². The Labute approximate surface area is 458 Å². The highest BCUT2D eigenvalue weighted by atomic mass is 19.1. The number of para-hydroxylation sites is 1. The topological polar surface area (TPSA) is 211 Å². The summed E-state index contributed by atoms with van der Waals surface area (Å²) >= 11 is 0. The Morgan fingerprint density at radius 3 is 2.23 bits per heavy atom. The van der Waals surface area contributed by atoms with Crippen LogP contribution in [0.5, 0.6) is 0 Å². The molecule has 5 aliphatic rings. The summed E-state index contributed by atoms with van der Waals surface area (Å²) in [5, 5.41) is 11.2. The third-order valence-electron chi connectivity index (χ3n) is 16.6. The number of nitrogens with two attached hydrogens (primary N) is 1. The third kappa shape index (κ3) is 12.5. The molecule has 9 rings (SSSR count). The van der Waals surface area contributed by atoms with Gasteiger partial charge in [-0.2, -0.15) is 0 Å². The SMILES string of the molecule is CN[C@@H](C)C(=O)N[C@H](C(=O)N1Cc2ccc(NC(=O)CN3C[C@H](CN4CCOC[C@H]4C)N(CC(=O)N4C[C@](C)(C(N)=O)c5ccc(Cc6ccc(F)cc6)cc54)C[C@H]3C)cc2[C@H]1C(=O)Nc1c(F)cccc1F)C1CCOCC1. The van der Waals surface area contributed by atoms with Gasteiger partial charge in [-0.3, -0.25) is 43.5 Å². The zero-order chi connectivity index (χ0) is 56.3. The number of carbonyl (C=O) groups excluding carboxylic acids is 6. The van der Waals surface area contributed by atoms with E-state index in [0.29, 0.717) is 99.9 Å². The molecule has 5 heterocycles. The average molecular weight is 1090 g/mol. The number of amides is 6. The molecule has 4 aromatic rings. The van der Waals surface area contributed by atoms with Gasteiger partial charge in [0.2, 0.25) is 29.5 Å². The van der Waals surface area contributed by atoms with Crippen molar-refractivity contribution < 1.29 is 51.4 Å². The minimum atomic E-state index is -1.42. The fraction of sp³-hybridized carbons (Fsp3) is 0.483. The number of fused-ring (bicyclic) bond motifs is 2. The van der Waals surface area contributed by atoms with E-state index in [-0.39, 0.29) is 67.9 Å². The average Bonchev–Trinajstić information content (AvgIpc) is 4.20. The summed E-state index contributed by atoms with van der Waals surface area (Å²) in [5.41, 5.74) is 8.44. The number of carbonyl (C=O) groups is 6. The minimum Gasteiger partial charge on any atom is -0.381 e. The Kier molecular flexibility index (Phi) is 17.5. The van der Waals surface area contributed by atoms with Gasteiger partial charge in [-0.1, -0.05) is 36.4 Å². The molecule has 0 aliphatic carbocycles. The zero-order valence-electron chi connectivity index (χ0n) is 45.4. The maximum absolute atomic E-state index is 15.1. The molecule has 0 bridgehead atoms. The number of benzene rings is 4. The predicted octanol–water partition coefficient (Wildman–Crippen LogP) is 4.06. The number of ether oxygens (including phenoxy) is 2. The molecule has 6 N–H and O–H groups in total. The van der Waals surface area contributed by atoms with Gasteiger partial charge in [0, 0.05) is 82.0 Å². The Balaban J connectivity index is 0.937. The normalized spacial score (nSPS) is 23.6. The number of primary amides is 1. The number of morpholine rings is 1. The number of nitrogens with one attached hydrogen (secondary N) is 4. The van der Waals surface area contributed by atoms with E-state index in [2.05, 4.69) is 42.9 Å². The molecule has 3 fully saturated rings. The molecule has 5 aliphatic heterocycles. The lowest BCUT2D eigenvalue weighted by Gasteiger charge is -2.47. The zero-order valence-corrected chi connectivity index (χ0v) is 45.4. The lowest BCUT2D eigenvalue weighted by molar-refractivity contribution is -0.144. The number of halogens is 3. The molecular weight excluding hydrogens is 1020 g/mol. The van der Waals surface area contributed by atoms with E-state index >= 15 is 8.78 Å². The molecule has 422 valence electrons. The molecule has 0 spiro atoms. The molecule has 0 aromatic heterocycles. The number of hydrogen-bond acceptors (Lipinski definition) is 12. The second-order valence-electron chi connectivity index (χ2n) is 22.0. The Morgan fingerprint density at radius 1 is 0.810 bits per heavy atom. The van der Waals surface area contributed by atoms with Crippen LogP contribution in [-0.4, -0.2) is 165 Å². The molecule has 21 heteroatoms. The van der Waals surface area contributed by atoms with Crippen LogP contribution in [0.1, 0.15) is 74.4 Å². The Hall–Kier alpha value is -6.75. The number of nitrogens with zero attached hydrogens (tertiary/aromatic N) is 5. The smallest absolute Gasteiger partial charge is 0.252 e. The van der Waals surface area contributed by atoms with Crippen molar-refractivity contribution in [3.8, 4) is 0 Å². The van der Waals surface area contributed by atoms with E-state index in [1.165, 1.54) is 23.1 Å². The van der Waals surface area contributed by atoms with E-state index < -0.39 is 64.5 Å². The predicted molar refractivity (Wildman–Crippen MR) is 290 cm³/mol. The van der Waals surface area contributed by atoms with Crippen molar-refractivity contribution in [1.29, 1.82) is 0 Å². The molecule has 4 aromatic carbocycles. The summed E-state index contributed by atoms with van der Waals surface area (Å²) in [6.07, 6.45) is 1.41. The summed E-state index contributed by atoms with van der Waals surface area (Å²) in [6.45, 7) is 11.4. The van der Waals surface area contributed by atoms with Crippen molar-refractivity contribution in [2.24, 2.45) is 11.7 Å². The van der Waals surface area contributed by atoms with Crippen molar-refractivity contribution in [1.82, 2.24) is 30.2 Å². The summed E-state index contributed by atoms with van der Waals surface area (Å²) in [4.78, 5) is 94.2. The summed E-state index contributed by atoms with van der Waals surface area (Å²) in [6, 6.07) is 16.6. The highest BCUT2D eigenvalue weighted by Gasteiger charge is 2.48. The van der Waals surface area contributed by atoms with Gasteiger partial charge >= 0.3 is 0 Å². The second-order valence-corrected chi connectivity index (χ2v) is 22.0. The van der Waals surface area contributed by atoms with Crippen LogP contribution < -0.4 is 31.9 Å². The summed E-state index contributed by atoms with van der Waals surface area (Å²) < 4.78 is 55.3. The fourth-order valence-corrected chi connectivity index (χ4v) is 11.7. The van der Waals surface area contributed by atoms with E-state index in [1.54, 1.807) is 56.1 Å². The third-order valence-corrected chi connectivity index (χ3v) is 16.6. The number of piperazine rings is 1. The van der Waals surface area contributed by atoms with Gasteiger partial charge in [0.25, 0.3) is 5.91 Å². The van der Waals surface area contributed by atoms with Crippen molar-refractivity contribution in [2.45, 2.75) is 95.2 Å². The molecular formula is C58H71F3N10O8. The molecule has 3 saturated heterocycles. The van der Waals surface area contributed by atoms with Gasteiger partial charge in [0.15, 0.2) is 0 Å². The van der Waals surface area contributed by atoms with Crippen LogP contribution in [0, 0.1) is 23.4 Å². The summed E-state index contributed by atoms with van der Waals surface area (Å²) in [5.74, 6) is -5.70. The van der Waals surface area contributed by atoms with Crippen molar-refractivity contribution in [3.05, 3.63) is 124 Å². The van der Waals surface area contributed by atoms with Crippen LogP contribution in [0.4, 0.5) is 30.2 Å². The number of anilines is 3. The van der Waals surface area contributed by atoms with E-state index in [9.17, 15) is 33.2 Å². The van der Waals surface area contributed by atoms with E-state index in [0.717, 1.165) is 23.3 Å². The Morgan fingerprint density at radius 2 is 1.53 bits per heavy atom. The van der Waals surface area contributed by atoms with Gasteiger partial charge in [-0.05, 0) is 130 Å². The highest BCUT2D eigenvalue weighted by Crippen LogP contribution is 2.42. The van der Waals surface area contributed by atoms with Gasteiger partial charge in [0.05, 0.1) is 37.8 Å². The van der Waals surface area contributed by atoms with Gasteiger partial charge in [-0.15, -0.1) is 0 Å². The quantitative estimate of drug-likeness (QED) is 0.101. The van der Waals surface area contributed by atoms with Gasteiger partial charge < -0.3 is 46.3 Å². The maximum atomic E-state index is 15.1. The summed E-state index contributed by atoms with van der Waals surface area (Å²) in [7, 11) is 1.62. The van der Waals surface area contributed by atoms with Crippen LogP contribution >= 0.6 is 0 Å². The molecule has 0 unspecified atom stereocenters. The number of hydrogen-bond donors (Lipinski definition) is 5. The van der Waals surface area contributed by atoms with Crippen molar-refractivity contribution >= 4 is 52.5 Å². The second kappa shape index (κ2) is 24.3. The van der Waals surface area contributed by atoms with Gasteiger partial charge in [0.1, 0.15) is 35.2 Å². The monoisotopic (exact) mass is 1090 g/mol. The first-order chi connectivity index (χ1) is 37.8. The number of likely N-dealkylation sites (N-methyl/N-ethyl adjacent to an activating group) is 1. The Bertz CT molecular complexity index is 2930.